The summed E-state index contributed by atoms with van der Waals surface area (Å²) in [4.78, 5) is 11.3. The number of esters is 1. The Hall–Kier alpha value is -0.590. The second-order valence-corrected chi connectivity index (χ2v) is 5.51. The first-order chi connectivity index (χ1) is 7.86. The van der Waals surface area contributed by atoms with Crippen LogP contribution in [0.2, 0.25) is 0 Å². The van der Waals surface area contributed by atoms with Crippen LogP contribution in [0.1, 0.15) is 6.92 Å². The molecule has 0 spiro atoms. The van der Waals surface area contributed by atoms with E-state index in [9.17, 15) is 9.90 Å². The minimum absolute atomic E-state index is 0.0642. The van der Waals surface area contributed by atoms with Crippen molar-refractivity contribution in [3.05, 3.63) is 27.1 Å². The van der Waals surface area contributed by atoms with Crippen LogP contribution >= 0.6 is 31.9 Å². The predicted octanol–water partition coefficient (Wildman–Crippen LogP) is 2.55. The van der Waals surface area contributed by atoms with Crippen molar-refractivity contribution in [2.24, 2.45) is 0 Å². The molecule has 2 N–H and O–H groups in total. The molecule has 0 fully saturated rings. The molecule has 0 aromatic heterocycles. The molecule has 0 saturated carbocycles. The van der Waals surface area contributed by atoms with Gasteiger partial charge in [0.05, 0.1) is 13.7 Å². The van der Waals surface area contributed by atoms with Crippen molar-refractivity contribution in [3.63, 3.8) is 0 Å². The molecule has 1 aromatic carbocycles. The van der Waals surface area contributed by atoms with E-state index in [0.29, 0.717) is 0 Å². The van der Waals surface area contributed by atoms with Gasteiger partial charge in [0.25, 0.3) is 0 Å². The van der Waals surface area contributed by atoms with Crippen LogP contribution in [0.4, 0.5) is 5.69 Å². The molecule has 6 heteroatoms. The molecule has 1 aromatic rings. The summed E-state index contributed by atoms with van der Waals surface area (Å²) in [5.74, 6) is -0.670. The van der Waals surface area contributed by atoms with Gasteiger partial charge in [0.1, 0.15) is 0 Å². The van der Waals surface area contributed by atoms with E-state index < -0.39 is 11.6 Å². The largest absolute Gasteiger partial charge is 0.467 e. The molecular formula is C11H13Br2NO3. The number of halogens is 2. The van der Waals surface area contributed by atoms with E-state index in [2.05, 4.69) is 41.9 Å². The number of carbonyl (C=O) groups excluding carboxylic acids is 1. The highest BCUT2D eigenvalue weighted by Crippen LogP contribution is 2.26. The van der Waals surface area contributed by atoms with Crippen LogP contribution in [-0.4, -0.2) is 30.3 Å². The van der Waals surface area contributed by atoms with Crippen LogP contribution in [0.15, 0.2) is 27.1 Å². The van der Waals surface area contributed by atoms with Gasteiger partial charge >= 0.3 is 5.97 Å². The molecule has 0 aliphatic rings. The van der Waals surface area contributed by atoms with E-state index >= 15 is 0 Å². The predicted molar refractivity (Wildman–Crippen MR) is 73.0 cm³/mol. The van der Waals surface area contributed by atoms with Crippen molar-refractivity contribution in [3.8, 4) is 0 Å². The van der Waals surface area contributed by atoms with Crippen molar-refractivity contribution in [1.82, 2.24) is 0 Å². The number of anilines is 1. The highest BCUT2D eigenvalue weighted by Gasteiger charge is 2.31. The summed E-state index contributed by atoms with van der Waals surface area (Å²) < 4.78 is 6.26. The van der Waals surface area contributed by atoms with E-state index in [0.717, 1.165) is 14.6 Å². The lowest BCUT2D eigenvalue weighted by Crippen LogP contribution is -2.42. The fraction of sp³-hybridized carbons (Fsp3) is 0.364. The summed E-state index contributed by atoms with van der Waals surface area (Å²) >= 11 is 6.72. The molecule has 0 saturated heterocycles. The first kappa shape index (κ1) is 14.5. The average Bonchev–Trinajstić information content (AvgIpc) is 2.29. The van der Waals surface area contributed by atoms with Crippen LogP contribution in [0.5, 0.6) is 0 Å². The number of nitrogens with one attached hydrogen (secondary N) is 1. The molecule has 1 atom stereocenters. The number of rotatable bonds is 4. The Labute approximate surface area is 117 Å². The number of ether oxygens (including phenoxy) is 1. The van der Waals surface area contributed by atoms with Gasteiger partial charge in [0, 0.05) is 14.6 Å². The van der Waals surface area contributed by atoms with Crippen molar-refractivity contribution in [2.45, 2.75) is 12.5 Å². The smallest absolute Gasteiger partial charge is 0.339 e. The lowest BCUT2D eigenvalue weighted by Gasteiger charge is -2.21. The Bertz CT molecular complexity index is 421. The molecule has 17 heavy (non-hydrogen) atoms. The maximum absolute atomic E-state index is 11.3. The number of benzene rings is 1. The minimum Gasteiger partial charge on any atom is -0.467 e. The summed E-state index contributed by atoms with van der Waals surface area (Å²) in [6.45, 7) is 1.46. The Morgan fingerprint density at radius 2 is 2.18 bits per heavy atom. The third-order valence-corrected chi connectivity index (χ3v) is 3.36. The fourth-order valence-corrected chi connectivity index (χ4v) is 1.94. The number of hydrogen-bond acceptors (Lipinski definition) is 4. The Balaban J connectivity index is 2.73. The SMILES string of the molecule is COC(=O)C(C)(O)CNc1cc(Br)ccc1Br. The Morgan fingerprint density at radius 3 is 2.76 bits per heavy atom. The monoisotopic (exact) mass is 365 g/mol. The van der Waals surface area contributed by atoms with E-state index in [1.165, 1.54) is 14.0 Å². The molecule has 4 nitrogen and oxygen atoms in total. The maximum atomic E-state index is 11.3. The maximum Gasteiger partial charge on any atom is 0.339 e. The van der Waals surface area contributed by atoms with Crippen molar-refractivity contribution in [1.29, 1.82) is 0 Å². The molecule has 1 unspecified atom stereocenters. The second kappa shape index (κ2) is 5.84. The molecule has 1 rings (SSSR count). The number of hydrogen-bond donors (Lipinski definition) is 2. The summed E-state index contributed by atoms with van der Waals surface area (Å²) in [6.07, 6.45) is 0. The molecule has 0 aliphatic carbocycles. The van der Waals surface area contributed by atoms with Gasteiger partial charge < -0.3 is 15.2 Å². The first-order valence-corrected chi connectivity index (χ1v) is 6.45. The summed E-state index contributed by atoms with van der Waals surface area (Å²) in [7, 11) is 1.24. The Kier molecular flexibility index (Phi) is 4.97. The normalized spacial score (nSPS) is 13.9. The number of methoxy groups -OCH3 is 1. The van der Waals surface area contributed by atoms with Crippen LogP contribution in [-0.2, 0) is 9.53 Å². The lowest BCUT2D eigenvalue weighted by atomic mass is 10.1. The van der Waals surface area contributed by atoms with Gasteiger partial charge in [0.2, 0.25) is 0 Å². The first-order valence-electron chi connectivity index (χ1n) is 4.86. The van der Waals surface area contributed by atoms with E-state index in [1.807, 2.05) is 18.2 Å². The van der Waals surface area contributed by atoms with Crippen molar-refractivity contribution in [2.75, 3.05) is 19.0 Å². The van der Waals surface area contributed by atoms with Gasteiger partial charge in [0.15, 0.2) is 5.60 Å². The van der Waals surface area contributed by atoms with Crippen LogP contribution in [0.3, 0.4) is 0 Å². The van der Waals surface area contributed by atoms with Gasteiger partial charge in [-0.05, 0) is 41.1 Å². The molecule has 0 aliphatic heterocycles. The number of aliphatic hydroxyl groups is 1. The average molecular weight is 367 g/mol. The third kappa shape index (κ3) is 3.97. The zero-order valence-corrected chi connectivity index (χ0v) is 12.6. The second-order valence-electron chi connectivity index (χ2n) is 3.74. The summed E-state index contributed by atoms with van der Waals surface area (Å²) in [5, 5.41) is 12.8. The molecular weight excluding hydrogens is 354 g/mol. The topological polar surface area (TPSA) is 58.6 Å². The van der Waals surface area contributed by atoms with Gasteiger partial charge in [-0.15, -0.1) is 0 Å². The highest BCUT2D eigenvalue weighted by atomic mass is 79.9. The fourth-order valence-electron chi connectivity index (χ4n) is 1.19. The molecule has 0 radical (unpaired) electrons. The van der Waals surface area contributed by atoms with Crippen molar-refractivity contribution >= 4 is 43.5 Å². The third-order valence-electron chi connectivity index (χ3n) is 2.18. The van der Waals surface area contributed by atoms with E-state index in [4.69, 9.17) is 0 Å². The van der Waals surface area contributed by atoms with Gasteiger partial charge in [-0.1, -0.05) is 15.9 Å². The van der Waals surface area contributed by atoms with Gasteiger partial charge in [-0.2, -0.15) is 0 Å². The lowest BCUT2D eigenvalue weighted by molar-refractivity contribution is -0.158. The van der Waals surface area contributed by atoms with Gasteiger partial charge in [-0.3, -0.25) is 0 Å². The summed E-state index contributed by atoms with van der Waals surface area (Å²) in [5.41, 5.74) is -0.778. The van der Waals surface area contributed by atoms with Crippen molar-refractivity contribution < 1.29 is 14.6 Å². The minimum atomic E-state index is -1.56. The van der Waals surface area contributed by atoms with Crippen LogP contribution in [0, 0.1) is 0 Å². The molecule has 94 valence electrons. The van der Waals surface area contributed by atoms with E-state index in [1.54, 1.807) is 0 Å². The highest BCUT2D eigenvalue weighted by molar-refractivity contribution is 9.11. The standard InChI is InChI=1S/C11H13Br2NO3/c1-11(16,10(15)17-2)6-14-9-5-7(12)3-4-8(9)13/h3-5,14,16H,6H2,1-2H3. The zero-order chi connectivity index (χ0) is 13.1. The van der Waals surface area contributed by atoms with Crippen LogP contribution in [0.25, 0.3) is 0 Å². The number of carbonyl (C=O) groups is 1. The quantitative estimate of drug-likeness (QED) is 0.804. The molecule has 0 bridgehead atoms. The van der Waals surface area contributed by atoms with E-state index in [-0.39, 0.29) is 6.54 Å². The van der Waals surface area contributed by atoms with Crippen LogP contribution < -0.4 is 5.32 Å². The van der Waals surface area contributed by atoms with Gasteiger partial charge in [-0.25, -0.2) is 4.79 Å². The zero-order valence-electron chi connectivity index (χ0n) is 9.46. The molecule has 0 amide bonds. The summed E-state index contributed by atoms with van der Waals surface area (Å²) in [6, 6.07) is 5.59. The molecule has 0 heterocycles. The Morgan fingerprint density at radius 1 is 1.53 bits per heavy atom.